The number of likely N-dealkylation sites (N-methyl/N-ethyl adjacent to an activating group) is 1. The van der Waals surface area contributed by atoms with Crippen molar-refractivity contribution >= 4 is 0 Å². The summed E-state index contributed by atoms with van der Waals surface area (Å²) in [5, 5.41) is 10.5. The van der Waals surface area contributed by atoms with E-state index in [0.29, 0.717) is 0 Å². The average Bonchev–Trinajstić information content (AvgIpc) is 2.14. The van der Waals surface area contributed by atoms with Gasteiger partial charge in [0, 0.05) is 19.6 Å². The molecule has 60 valence electrons. The molecule has 1 heterocycles. The Bertz CT molecular complexity index is 97.6. The van der Waals surface area contributed by atoms with Crippen LogP contribution in [0.1, 0.15) is 13.3 Å². The first-order chi connectivity index (χ1) is 4.83. The van der Waals surface area contributed by atoms with E-state index in [1.165, 1.54) is 5.06 Å². The maximum atomic E-state index is 9.11. The largest absolute Gasteiger partial charge is 0.314 e. The maximum absolute atomic E-state index is 9.11. The van der Waals surface area contributed by atoms with Crippen molar-refractivity contribution in [1.82, 2.24) is 9.96 Å². The Morgan fingerprint density at radius 2 is 2.00 bits per heavy atom. The molecule has 0 bridgehead atoms. The highest BCUT2D eigenvalue weighted by atomic mass is 16.5. The summed E-state index contributed by atoms with van der Waals surface area (Å²) >= 11 is 0. The van der Waals surface area contributed by atoms with Gasteiger partial charge in [-0.3, -0.25) is 0 Å². The number of hydrogen-bond donors (Lipinski definition) is 1. The lowest BCUT2D eigenvalue weighted by Gasteiger charge is -2.16. The van der Waals surface area contributed by atoms with Crippen LogP contribution in [-0.4, -0.2) is 47.9 Å². The predicted octanol–water partition coefficient (Wildman–Crippen LogP) is 0.403. The van der Waals surface area contributed by atoms with Crippen molar-refractivity contribution in [2.24, 2.45) is 0 Å². The highest BCUT2D eigenvalue weighted by Crippen LogP contribution is 1.98. The summed E-state index contributed by atoms with van der Waals surface area (Å²) in [5.41, 5.74) is 0. The van der Waals surface area contributed by atoms with Gasteiger partial charge in [-0.25, -0.2) is 0 Å². The van der Waals surface area contributed by atoms with Crippen molar-refractivity contribution in [3.05, 3.63) is 0 Å². The van der Waals surface area contributed by atoms with Crippen molar-refractivity contribution in [2.45, 2.75) is 13.3 Å². The minimum absolute atomic E-state index is 0.799. The van der Waals surface area contributed by atoms with Crippen LogP contribution in [0.3, 0.4) is 0 Å². The van der Waals surface area contributed by atoms with Gasteiger partial charge in [0.2, 0.25) is 0 Å². The van der Waals surface area contributed by atoms with Crippen LogP contribution in [0.5, 0.6) is 0 Å². The summed E-state index contributed by atoms with van der Waals surface area (Å²) in [7, 11) is 0. The lowest BCUT2D eigenvalue weighted by molar-refractivity contribution is -0.0862. The van der Waals surface area contributed by atoms with Gasteiger partial charge in [0.05, 0.1) is 0 Å². The Hall–Kier alpha value is -0.120. The number of nitrogens with zero attached hydrogens (tertiary/aromatic N) is 2. The fraction of sp³-hybridized carbons (Fsp3) is 1.00. The Labute approximate surface area is 62.2 Å². The zero-order valence-corrected chi connectivity index (χ0v) is 6.58. The van der Waals surface area contributed by atoms with Crippen LogP contribution in [-0.2, 0) is 0 Å². The molecule has 0 unspecified atom stereocenters. The van der Waals surface area contributed by atoms with E-state index in [1.807, 2.05) is 0 Å². The Morgan fingerprint density at radius 1 is 1.20 bits per heavy atom. The summed E-state index contributed by atoms with van der Waals surface area (Å²) in [4.78, 5) is 2.36. The molecule has 1 fully saturated rings. The molecule has 0 radical (unpaired) electrons. The number of hydroxylamine groups is 2. The van der Waals surface area contributed by atoms with Crippen molar-refractivity contribution in [1.29, 1.82) is 0 Å². The molecule has 3 heteroatoms. The van der Waals surface area contributed by atoms with Crippen LogP contribution in [0.25, 0.3) is 0 Å². The SMILES string of the molecule is CCN1CCCN(O)CC1. The molecule has 10 heavy (non-hydrogen) atoms. The zero-order chi connectivity index (χ0) is 7.40. The molecule has 1 aliphatic heterocycles. The highest BCUT2D eigenvalue weighted by Gasteiger charge is 2.10. The lowest BCUT2D eigenvalue weighted by Crippen LogP contribution is -2.28. The summed E-state index contributed by atoms with van der Waals surface area (Å²) in [6, 6.07) is 0. The molecule has 3 nitrogen and oxygen atoms in total. The summed E-state index contributed by atoms with van der Waals surface area (Å²) in [6.07, 6.45) is 1.09. The molecular weight excluding hydrogens is 128 g/mol. The van der Waals surface area contributed by atoms with Gasteiger partial charge in [0.15, 0.2) is 0 Å². The molecule has 0 atom stereocenters. The van der Waals surface area contributed by atoms with Gasteiger partial charge in [-0.15, -0.1) is 0 Å². The van der Waals surface area contributed by atoms with Gasteiger partial charge in [-0.05, 0) is 19.5 Å². The molecular formula is C7H16N2O. The van der Waals surface area contributed by atoms with Gasteiger partial charge < -0.3 is 10.1 Å². The third-order valence-electron chi connectivity index (χ3n) is 2.01. The van der Waals surface area contributed by atoms with Crippen LogP contribution in [0.2, 0.25) is 0 Å². The second-order valence-corrected chi connectivity index (χ2v) is 2.74. The van der Waals surface area contributed by atoms with Crippen molar-refractivity contribution in [3.8, 4) is 0 Å². The molecule has 0 aromatic rings. The van der Waals surface area contributed by atoms with E-state index in [4.69, 9.17) is 5.21 Å². The second-order valence-electron chi connectivity index (χ2n) is 2.74. The van der Waals surface area contributed by atoms with Gasteiger partial charge in [-0.2, -0.15) is 5.06 Å². The third-order valence-corrected chi connectivity index (χ3v) is 2.01. The van der Waals surface area contributed by atoms with E-state index >= 15 is 0 Å². The molecule has 0 aromatic carbocycles. The Morgan fingerprint density at radius 3 is 2.70 bits per heavy atom. The Balaban J connectivity index is 2.26. The molecule has 1 saturated heterocycles. The van der Waals surface area contributed by atoms with E-state index in [2.05, 4.69) is 11.8 Å². The van der Waals surface area contributed by atoms with Crippen molar-refractivity contribution in [2.75, 3.05) is 32.7 Å². The van der Waals surface area contributed by atoms with Crippen LogP contribution < -0.4 is 0 Å². The lowest BCUT2D eigenvalue weighted by atomic mass is 10.4. The zero-order valence-electron chi connectivity index (χ0n) is 6.58. The molecule has 0 aliphatic carbocycles. The minimum Gasteiger partial charge on any atom is -0.314 e. The highest BCUT2D eigenvalue weighted by molar-refractivity contribution is 4.62. The normalized spacial score (nSPS) is 24.6. The molecule has 1 aliphatic rings. The van der Waals surface area contributed by atoms with E-state index in [1.54, 1.807) is 0 Å². The van der Waals surface area contributed by atoms with Crippen LogP contribution in [0.15, 0.2) is 0 Å². The summed E-state index contributed by atoms with van der Waals surface area (Å²) in [6.45, 7) is 7.03. The molecule has 0 saturated carbocycles. The summed E-state index contributed by atoms with van der Waals surface area (Å²) < 4.78 is 0. The first-order valence-corrected chi connectivity index (χ1v) is 3.99. The molecule has 0 spiro atoms. The van der Waals surface area contributed by atoms with Crippen molar-refractivity contribution < 1.29 is 5.21 Å². The predicted molar refractivity (Wildman–Crippen MR) is 40.1 cm³/mol. The second kappa shape index (κ2) is 3.91. The monoisotopic (exact) mass is 144 g/mol. The fourth-order valence-corrected chi connectivity index (χ4v) is 1.27. The van der Waals surface area contributed by atoms with E-state index in [0.717, 1.165) is 39.1 Å². The van der Waals surface area contributed by atoms with Crippen LogP contribution in [0.4, 0.5) is 0 Å². The average molecular weight is 144 g/mol. The fourth-order valence-electron chi connectivity index (χ4n) is 1.27. The number of hydrogen-bond acceptors (Lipinski definition) is 3. The quantitative estimate of drug-likeness (QED) is 0.577. The standard InChI is InChI=1S/C7H16N2O/c1-2-8-4-3-5-9(10)7-6-8/h10H,2-7H2,1H3. The van der Waals surface area contributed by atoms with Crippen molar-refractivity contribution in [3.63, 3.8) is 0 Å². The molecule has 0 aromatic heterocycles. The first kappa shape index (κ1) is 7.98. The number of rotatable bonds is 1. The van der Waals surface area contributed by atoms with E-state index in [9.17, 15) is 0 Å². The van der Waals surface area contributed by atoms with Gasteiger partial charge >= 0.3 is 0 Å². The van der Waals surface area contributed by atoms with Gasteiger partial charge in [0.25, 0.3) is 0 Å². The topological polar surface area (TPSA) is 26.7 Å². The summed E-state index contributed by atoms with van der Waals surface area (Å²) in [5.74, 6) is 0. The van der Waals surface area contributed by atoms with E-state index < -0.39 is 0 Å². The third kappa shape index (κ3) is 2.25. The molecule has 0 amide bonds. The smallest absolute Gasteiger partial charge is 0.0365 e. The van der Waals surface area contributed by atoms with Gasteiger partial charge in [0.1, 0.15) is 0 Å². The van der Waals surface area contributed by atoms with Crippen LogP contribution >= 0.6 is 0 Å². The van der Waals surface area contributed by atoms with Crippen LogP contribution in [0, 0.1) is 0 Å². The first-order valence-electron chi connectivity index (χ1n) is 3.99. The molecule has 1 rings (SSSR count). The van der Waals surface area contributed by atoms with Gasteiger partial charge in [-0.1, -0.05) is 6.92 Å². The Kier molecular flexibility index (Phi) is 3.12. The maximum Gasteiger partial charge on any atom is 0.0365 e. The molecule has 1 N–H and O–H groups in total. The van der Waals surface area contributed by atoms with E-state index in [-0.39, 0.29) is 0 Å². The minimum atomic E-state index is 0.799.